The minimum atomic E-state index is -0.726. The SMILES string of the molecule is CCOC(=O)c1ccc(N2C(=O)C[C@@H](Sc3cccc(NC(=O)/C(=C/c4ccc([N+](=O)[O-])cc4)NC(=O)c4ccccc4)c3)C2=O)cc1. The van der Waals surface area contributed by atoms with Crippen molar-refractivity contribution in [1.29, 1.82) is 0 Å². The van der Waals surface area contributed by atoms with Crippen LogP contribution in [0, 0.1) is 10.1 Å². The van der Waals surface area contributed by atoms with Crippen molar-refractivity contribution in [3.63, 3.8) is 0 Å². The number of non-ortho nitro benzene ring substituents is 1. The first-order valence-corrected chi connectivity index (χ1v) is 15.6. The summed E-state index contributed by atoms with van der Waals surface area (Å²) in [6, 6.07) is 26.5. The van der Waals surface area contributed by atoms with Gasteiger partial charge in [0, 0.05) is 34.7 Å². The number of hydrogen-bond donors (Lipinski definition) is 2. The van der Waals surface area contributed by atoms with Gasteiger partial charge in [0.05, 0.1) is 28.0 Å². The van der Waals surface area contributed by atoms with Crippen LogP contribution < -0.4 is 15.5 Å². The highest BCUT2D eigenvalue weighted by atomic mass is 32.2. The molecule has 2 N–H and O–H groups in total. The van der Waals surface area contributed by atoms with Gasteiger partial charge in [-0.2, -0.15) is 0 Å². The Bertz CT molecular complexity index is 1910. The molecule has 0 aromatic heterocycles. The maximum absolute atomic E-state index is 13.5. The lowest BCUT2D eigenvalue weighted by molar-refractivity contribution is -0.384. The number of amides is 4. The number of carbonyl (C=O) groups is 5. The molecule has 1 saturated heterocycles. The minimum absolute atomic E-state index is 0.0483. The van der Waals surface area contributed by atoms with Crippen LogP contribution in [0.3, 0.4) is 0 Å². The van der Waals surface area contributed by atoms with E-state index in [1.165, 1.54) is 54.6 Å². The number of thioether (sulfide) groups is 1. The topological polar surface area (TPSA) is 165 Å². The summed E-state index contributed by atoms with van der Waals surface area (Å²) in [5, 5.41) is 15.7. The molecule has 0 spiro atoms. The van der Waals surface area contributed by atoms with Gasteiger partial charge in [0.1, 0.15) is 5.70 Å². The normalized spacial score (nSPS) is 14.4. The first kappa shape index (κ1) is 33.3. The molecule has 1 aliphatic rings. The number of nitrogens with one attached hydrogen (secondary N) is 2. The Morgan fingerprint density at radius 1 is 0.938 bits per heavy atom. The Kier molecular flexibility index (Phi) is 10.4. The van der Waals surface area contributed by atoms with Crippen LogP contribution in [-0.4, -0.2) is 46.4 Å². The maximum Gasteiger partial charge on any atom is 0.338 e. The van der Waals surface area contributed by atoms with E-state index in [0.29, 0.717) is 33.0 Å². The summed E-state index contributed by atoms with van der Waals surface area (Å²) < 4.78 is 4.98. The van der Waals surface area contributed by atoms with Gasteiger partial charge in [0.2, 0.25) is 11.8 Å². The molecule has 12 nitrogen and oxygen atoms in total. The lowest BCUT2D eigenvalue weighted by Crippen LogP contribution is -2.31. The highest BCUT2D eigenvalue weighted by Crippen LogP contribution is 2.35. The highest BCUT2D eigenvalue weighted by Gasteiger charge is 2.40. The number of imide groups is 1. The molecule has 1 aliphatic heterocycles. The fourth-order valence-electron chi connectivity index (χ4n) is 4.74. The van der Waals surface area contributed by atoms with Crippen molar-refractivity contribution in [3.05, 3.63) is 136 Å². The number of benzene rings is 4. The van der Waals surface area contributed by atoms with E-state index in [9.17, 15) is 34.1 Å². The van der Waals surface area contributed by atoms with E-state index in [1.54, 1.807) is 61.5 Å². The van der Waals surface area contributed by atoms with Gasteiger partial charge in [-0.05, 0) is 85.3 Å². The number of rotatable bonds is 11. The summed E-state index contributed by atoms with van der Waals surface area (Å²) in [7, 11) is 0. The molecule has 48 heavy (non-hydrogen) atoms. The molecule has 0 bridgehead atoms. The number of anilines is 2. The Morgan fingerprint density at radius 2 is 1.65 bits per heavy atom. The molecule has 0 unspecified atom stereocenters. The van der Waals surface area contributed by atoms with Crippen molar-refractivity contribution in [2.24, 2.45) is 0 Å². The number of esters is 1. The third-order valence-electron chi connectivity index (χ3n) is 7.06. The summed E-state index contributed by atoms with van der Waals surface area (Å²) in [5.74, 6) is -2.51. The Morgan fingerprint density at radius 3 is 2.31 bits per heavy atom. The van der Waals surface area contributed by atoms with Crippen LogP contribution in [-0.2, 0) is 19.1 Å². The van der Waals surface area contributed by atoms with Gasteiger partial charge in [0.15, 0.2) is 0 Å². The summed E-state index contributed by atoms with van der Waals surface area (Å²) in [6.07, 6.45) is 1.35. The molecule has 1 fully saturated rings. The van der Waals surface area contributed by atoms with Crippen LogP contribution in [0.4, 0.5) is 17.1 Å². The van der Waals surface area contributed by atoms with Crippen molar-refractivity contribution >= 4 is 64.5 Å². The molecule has 0 aliphatic carbocycles. The molecule has 5 rings (SSSR count). The number of nitro groups is 1. The number of carbonyl (C=O) groups excluding carboxylic acids is 5. The fourth-order valence-corrected chi connectivity index (χ4v) is 5.85. The second kappa shape index (κ2) is 15.0. The Labute approximate surface area is 278 Å². The van der Waals surface area contributed by atoms with Crippen molar-refractivity contribution in [2.75, 3.05) is 16.8 Å². The third-order valence-corrected chi connectivity index (χ3v) is 8.23. The van der Waals surface area contributed by atoms with Crippen molar-refractivity contribution in [3.8, 4) is 0 Å². The molecule has 242 valence electrons. The van der Waals surface area contributed by atoms with Crippen LogP contribution in [0.15, 0.2) is 114 Å². The number of ether oxygens (including phenoxy) is 1. The quantitative estimate of drug-likeness (QED) is 0.0682. The van der Waals surface area contributed by atoms with E-state index in [4.69, 9.17) is 4.74 Å². The van der Waals surface area contributed by atoms with E-state index in [0.717, 1.165) is 16.7 Å². The Hall–Kier alpha value is -6.08. The summed E-state index contributed by atoms with van der Waals surface area (Å²) >= 11 is 1.16. The average molecular weight is 665 g/mol. The van der Waals surface area contributed by atoms with Gasteiger partial charge in [-0.15, -0.1) is 11.8 Å². The van der Waals surface area contributed by atoms with Gasteiger partial charge < -0.3 is 15.4 Å². The molecule has 4 amide bonds. The number of hydrogen-bond acceptors (Lipinski definition) is 9. The van der Waals surface area contributed by atoms with E-state index >= 15 is 0 Å². The molecule has 4 aromatic rings. The first-order chi connectivity index (χ1) is 23.1. The molecular formula is C35H28N4O8S. The standard InChI is InChI=1S/C35H28N4O8S/c1-2-47-35(44)24-13-17-26(18-14-24)38-31(40)21-30(34(38)43)48-28-10-6-9-25(20-28)36-33(42)29(37-32(41)23-7-4-3-5-8-23)19-22-11-15-27(16-12-22)39(45)46/h3-20,30H,2,21H2,1H3,(H,36,42)(H,37,41)/b29-19-/t30-/m1/s1. The second-order valence-corrected chi connectivity index (χ2v) is 11.6. The van der Waals surface area contributed by atoms with E-state index < -0.39 is 33.9 Å². The van der Waals surface area contributed by atoms with E-state index in [-0.39, 0.29) is 30.3 Å². The van der Waals surface area contributed by atoms with Gasteiger partial charge >= 0.3 is 5.97 Å². The number of nitro benzene ring substituents is 1. The second-order valence-electron chi connectivity index (χ2n) is 10.4. The van der Waals surface area contributed by atoms with Crippen LogP contribution in [0.1, 0.15) is 39.6 Å². The van der Waals surface area contributed by atoms with Crippen LogP contribution in [0.2, 0.25) is 0 Å². The average Bonchev–Trinajstić information content (AvgIpc) is 3.36. The zero-order valence-corrected chi connectivity index (χ0v) is 26.3. The first-order valence-electron chi connectivity index (χ1n) is 14.7. The summed E-state index contributed by atoms with van der Waals surface area (Å²) in [5.41, 5.74) is 1.51. The van der Waals surface area contributed by atoms with E-state index in [2.05, 4.69) is 10.6 Å². The van der Waals surface area contributed by atoms with Gasteiger partial charge in [-0.1, -0.05) is 24.3 Å². The molecule has 4 aromatic carbocycles. The number of nitrogens with zero attached hydrogens (tertiary/aromatic N) is 2. The molecule has 0 saturated carbocycles. The third kappa shape index (κ3) is 8.00. The maximum atomic E-state index is 13.5. The monoisotopic (exact) mass is 664 g/mol. The molecule has 1 heterocycles. The van der Waals surface area contributed by atoms with Gasteiger partial charge in [-0.25, -0.2) is 9.69 Å². The predicted molar refractivity (Wildman–Crippen MR) is 179 cm³/mol. The van der Waals surface area contributed by atoms with Crippen LogP contribution in [0.5, 0.6) is 0 Å². The smallest absolute Gasteiger partial charge is 0.338 e. The van der Waals surface area contributed by atoms with Crippen molar-refractivity contribution in [1.82, 2.24) is 5.32 Å². The van der Waals surface area contributed by atoms with Crippen molar-refractivity contribution < 1.29 is 33.6 Å². The molecular weight excluding hydrogens is 636 g/mol. The van der Waals surface area contributed by atoms with E-state index in [1.807, 2.05) is 0 Å². The molecule has 0 radical (unpaired) electrons. The fraction of sp³-hybridized carbons (Fsp3) is 0.114. The highest BCUT2D eigenvalue weighted by molar-refractivity contribution is 8.00. The zero-order valence-electron chi connectivity index (χ0n) is 25.5. The van der Waals surface area contributed by atoms with Crippen LogP contribution >= 0.6 is 11.8 Å². The van der Waals surface area contributed by atoms with Crippen molar-refractivity contribution in [2.45, 2.75) is 23.5 Å². The minimum Gasteiger partial charge on any atom is -0.462 e. The molecule has 13 heteroatoms. The summed E-state index contributed by atoms with van der Waals surface area (Å²) in [6.45, 7) is 1.92. The molecule has 1 atom stereocenters. The lowest BCUT2D eigenvalue weighted by Gasteiger charge is -2.15. The van der Waals surface area contributed by atoms with Gasteiger partial charge in [-0.3, -0.25) is 29.3 Å². The predicted octanol–water partition coefficient (Wildman–Crippen LogP) is 5.61. The van der Waals surface area contributed by atoms with Crippen LogP contribution in [0.25, 0.3) is 6.08 Å². The summed E-state index contributed by atoms with van der Waals surface area (Å²) in [4.78, 5) is 76.7. The largest absolute Gasteiger partial charge is 0.462 e. The lowest BCUT2D eigenvalue weighted by atomic mass is 10.1. The van der Waals surface area contributed by atoms with Gasteiger partial charge in [0.25, 0.3) is 17.5 Å². The zero-order chi connectivity index (χ0) is 34.2. The Balaban J connectivity index is 1.30.